The number of carbonyl (C=O) groups excluding carboxylic acids is 2. The number of methoxy groups -OCH3 is 2. The SMILES string of the molecule is COC(=O)C1CCN(C(=O)c2cccc(OC)c2O)CC1. The third-order valence-electron chi connectivity index (χ3n) is 3.77. The molecular weight excluding hydrogens is 274 g/mol. The maximum Gasteiger partial charge on any atom is 0.308 e. The molecule has 2 rings (SSSR count). The van der Waals surface area contributed by atoms with Gasteiger partial charge in [-0.15, -0.1) is 0 Å². The van der Waals surface area contributed by atoms with Crippen molar-refractivity contribution in [3.63, 3.8) is 0 Å². The Hall–Kier alpha value is -2.24. The lowest BCUT2D eigenvalue weighted by atomic mass is 9.96. The molecule has 0 unspecified atom stereocenters. The number of benzene rings is 1. The highest BCUT2D eigenvalue weighted by atomic mass is 16.5. The number of hydrogen-bond donors (Lipinski definition) is 1. The van der Waals surface area contributed by atoms with E-state index in [-0.39, 0.29) is 34.9 Å². The van der Waals surface area contributed by atoms with Crippen LogP contribution in [0.1, 0.15) is 23.2 Å². The maximum absolute atomic E-state index is 12.4. The zero-order valence-electron chi connectivity index (χ0n) is 12.2. The van der Waals surface area contributed by atoms with Gasteiger partial charge in [-0.05, 0) is 25.0 Å². The first-order valence-corrected chi connectivity index (χ1v) is 6.81. The lowest BCUT2D eigenvalue weighted by Gasteiger charge is -2.31. The Kier molecular flexibility index (Phi) is 4.67. The molecule has 1 saturated heterocycles. The van der Waals surface area contributed by atoms with Crippen LogP contribution in [0.5, 0.6) is 11.5 Å². The molecule has 1 N–H and O–H groups in total. The summed E-state index contributed by atoms with van der Waals surface area (Å²) in [6.45, 7) is 0.935. The quantitative estimate of drug-likeness (QED) is 0.853. The Labute approximate surface area is 123 Å². The Morgan fingerprint density at radius 2 is 1.90 bits per heavy atom. The summed E-state index contributed by atoms with van der Waals surface area (Å²) < 4.78 is 9.72. The van der Waals surface area contributed by atoms with Crippen molar-refractivity contribution in [1.82, 2.24) is 4.90 Å². The molecule has 0 bridgehead atoms. The second kappa shape index (κ2) is 6.47. The molecule has 0 atom stereocenters. The normalized spacial score (nSPS) is 15.6. The summed E-state index contributed by atoms with van der Waals surface area (Å²) in [6.07, 6.45) is 1.15. The molecule has 0 radical (unpaired) electrons. The number of phenols is 1. The lowest BCUT2D eigenvalue weighted by molar-refractivity contribution is -0.146. The molecule has 0 spiro atoms. The Balaban J connectivity index is 2.07. The van der Waals surface area contributed by atoms with Crippen molar-refractivity contribution in [3.8, 4) is 11.5 Å². The second-order valence-electron chi connectivity index (χ2n) is 4.95. The molecule has 1 aromatic carbocycles. The first-order valence-electron chi connectivity index (χ1n) is 6.81. The van der Waals surface area contributed by atoms with E-state index in [9.17, 15) is 14.7 Å². The van der Waals surface area contributed by atoms with Crippen molar-refractivity contribution >= 4 is 11.9 Å². The van der Waals surface area contributed by atoms with Gasteiger partial charge in [-0.1, -0.05) is 6.07 Å². The minimum atomic E-state index is -0.255. The van der Waals surface area contributed by atoms with Crippen LogP contribution >= 0.6 is 0 Å². The van der Waals surface area contributed by atoms with Crippen molar-refractivity contribution in [1.29, 1.82) is 0 Å². The fourth-order valence-electron chi connectivity index (χ4n) is 2.51. The number of phenolic OH excluding ortho intramolecular Hbond substituents is 1. The topological polar surface area (TPSA) is 76.1 Å². The van der Waals surface area contributed by atoms with Crippen LogP contribution in [0.25, 0.3) is 0 Å². The van der Waals surface area contributed by atoms with Gasteiger partial charge in [0.1, 0.15) is 0 Å². The van der Waals surface area contributed by atoms with Crippen LogP contribution in [0.4, 0.5) is 0 Å². The number of hydrogen-bond acceptors (Lipinski definition) is 5. The third-order valence-corrected chi connectivity index (χ3v) is 3.77. The van der Waals surface area contributed by atoms with Gasteiger partial charge in [0, 0.05) is 13.1 Å². The first kappa shape index (κ1) is 15.2. The van der Waals surface area contributed by atoms with Crippen LogP contribution in [0.3, 0.4) is 0 Å². The summed E-state index contributed by atoms with van der Waals surface area (Å²) in [5, 5.41) is 10.0. The molecule has 1 aromatic rings. The van der Waals surface area contributed by atoms with Gasteiger partial charge in [-0.25, -0.2) is 0 Å². The van der Waals surface area contributed by atoms with E-state index < -0.39 is 0 Å². The van der Waals surface area contributed by atoms with Crippen LogP contribution < -0.4 is 4.74 Å². The molecule has 1 aliphatic heterocycles. The Morgan fingerprint density at radius 3 is 2.48 bits per heavy atom. The second-order valence-corrected chi connectivity index (χ2v) is 4.95. The maximum atomic E-state index is 12.4. The van der Waals surface area contributed by atoms with E-state index >= 15 is 0 Å². The molecule has 0 aliphatic carbocycles. The average Bonchev–Trinajstić information content (AvgIpc) is 2.54. The summed E-state index contributed by atoms with van der Waals surface area (Å²) in [5.41, 5.74) is 0.214. The van der Waals surface area contributed by atoms with Crippen LogP contribution in [0.2, 0.25) is 0 Å². The fourth-order valence-corrected chi connectivity index (χ4v) is 2.51. The predicted octanol–water partition coefficient (Wildman–Crippen LogP) is 1.43. The standard InChI is InChI=1S/C15H19NO5/c1-20-12-5-3-4-11(13(12)17)14(18)16-8-6-10(7-9-16)15(19)21-2/h3-5,10,17H,6-9H2,1-2H3. The van der Waals surface area contributed by atoms with Crippen molar-refractivity contribution in [2.24, 2.45) is 5.92 Å². The Bertz CT molecular complexity index is 535. The fraction of sp³-hybridized carbons (Fsp3) is 0.467. The van der Waals surface area contributed by atoms with E-state index in [0.29, 0.717) is 25.9 Å². The van der Waals surface area contributed by atoms with Crippen molar-refractivity contribution in [3.05, 3.63) is 23.8 Å². The van der Waals surface area contributed by atoms with Gasteiger partial charge in [0.2, 0.25) is 0 Å². The van der Waals surface area contributed by atoms with Gasteiger partial charge in [-0.3, -0.25) is 9.59 Å². The van der Waals surface area contributed by atoms with Crippen molar-refractivity contribution < 1.29 is 24.2 Å². The van der Waals surface area contributed by atoms with Crippen molar-refractivity contribution in [2.45, 2.75) is 12.8 Å². The van der Waals surface area contributed by atoms with E-state index in [1.165, 1.54) is 14.2 Å². The van der Waals surface area contributed by atoms with Crippen LogP contribution in [-0.2, 0) is 9.53 Å². The van der Waals surface area contributed by atoms with Gasteiger partial charge in [-0.2, -0.15) is 0 Å². The number of ether oxygens (including phenoxy) is 2. The summed E-state index contributed by atoms with van der Waals surface area (Å²) in [5.74, 6) is -0.524. The van der Waals surface area contributed by atoms with Crippen LogP contribution in [0.15, 0.2) is 18.2 Å². The molecule has 0 saturated carbocycles. The van der Waals surface area contributed by atoms with Gasteiger partial charge in [0.15, 0.2) is 11.5 Å². The largest absolute Gasteiger partial charge is 0.504 e. The molecule has 1 aliphatic rings. The number of rotatable bonds is 3. The Morgan fingerprint density at radius 1 is 1.24 bits per heavy atom. The molecular formula is C15H19NO5. The smallest absolute Gasteiger partial charge is 0.308 e. The van der Waals surface area contributed by atoms with E-state index in [2.05, 4.69) is 0 Å². The molecule has 1 amide bonds. The monoisotopic (exact) mass is 293 g/mol. The van der Waals surface area contributed by atoms with E-state index in [1.807, 2.05) is 0 Å². The van der Waals surface area contributed by atoms with Crippen LogP contribution in [0, 0.1) is 5.92 Å². The zero-order chi connectivity index (χ0) is 15.4. The average molecular weight is 293 g/mol. The number of para-hydroxylation sites is 1. The van der Waals surface area contributed by atoms with Crippen LogP contribution in [-0.4, -0.2) is 49.2 Å². The summed E-state index contributed by atoms with van der Waals surface area (Å²) in [4.78, 5) is 25.5. The van der Waals surface area contributed by atoms with Gasteiger partial charge >= 0.3 is 5.97 Å². The van der Waals surface area contributed by atoms with Crippen molar-refractivity contribution in [2.75, 3.05) is 27.3 Å². The molecule has 1 heterocycles. The summed E-state index contributed by atoms with van der Waals surface area (Å²) in [7, 11) is 2.80. The number of amides is 1. The lowest BCUT2D eigenvalue weighted by Crippen LogP contribution is -2.40. The van der Waals surface area contributed by atoms with Gasteiger partial charge in [0.25, 0.3) is 5.91 Å². The third kappa shape index (κ3) is 3.09. The predicted molar refractivity (Wildman–Crippen MR) is 75.3 cm³/mol. The molecule has 114 valence electrons. The zero-order valence-corrected chi connectivity index (χ0v) is 12.2. The van der Waals surface area contributed by atoms with Gasteiger partial charge < -0.3 is 19.5 Å². The summed E-state index contributed by atoms with van der Waals surface area (Å²) in [6, 6.07) is 4.81. The highest BCUT2D eigenvalue weighted by molar-refractivity contribution is 5.97. The molecule has 6 nitrogen and oxygen atoms in total. The first-order chi connectivity index (χ1) is 10.1. The number of piperidine rings is 1. The number of carbonyl (C=O) groups is 2. The van der Waals surface area contributed by atoms with E-state index in [1.54, 1.807) is 23.1 Å². The molecule has 1 fully saturated rings. The molecule has 0 aromatic heterocycles. The number of nitrogens with zero attached hydrogens (tertiary/aromatic N) is 1. The minimum absolute atomic E-state index is 0.153. The van der Waals surface area contributed by atoms with E-state index in [0.717, 1.165) is 0 Å². The molecule has 21 heavy (non-hydrogen) atoms. The highest BCUT2D eigenvalue weighted by Crippen LogP contribution is 2.31. The number of esters is 1. The number of likely N-dealkylation sites (tertiary alicyclic amines) is 1. The molecule has 6 heteroatoms. The van der Waals surface area contributed by atoms with E-state index in [4.69, 9.17) is 9.47 Å². The summed E-state index contributed by atoms with van der Waals surface area (Å²) >= 11 is 0. The number of aromatic hydroxyl groups is 1. The van der Waals surface area contributed by atoms with Gasteiger partial charge in [0.05, 0.1) is 25.7 Å². The highest BCUT2D eigenvalue weighted by Gasteiger charge is 2.29. The minimum Gasteiger partial charge on any atom is -0.504 e.